The lowest BCUT2D eigenvalue weighted by molar-refractivity contribution is -0.131. The average molecular weight is 834 g/mol. The van der Waals surface area contributed by atoms with E-state index in [1.54, 1.807) is 30.6 Å². The number of benzene rings is 2. The highest BCUT2D eigenvalue weighted by molar-refractivity contribution is 5.89. The number of urea groups is 1. The fourth-order valence-corrected chi connectivity index (χ4v) is 8.28. The molecule has 3 heterocycles. The highest BCUT2D eigenvalue weighted by atomic mass is 16.4. The molecule has 0 radical (unpaired) electrons. The molecule has 13 heteroatoms. The summed E-state index contributed by atoms with van der Waals surface area (Å²) in [6, 6.07) is 25.3. The number of likely N-dealkylation sites (N-methyl/N-ethyl adjacent to an activating group) is 1. The molecule has 0 unspecified atom stereocenters. The van der Waals surface area contributed by atoms with Gasteiger partial charge in [0, 0.05) is 43.1 Å². The second kappa shape index (κ2) is 19.7. The fraction of sp³-hybridized carbons (Fsp3) is 0.458. The van der Waals surface area contributed by atoms with Gasteiger partial charge in [0.05, 0.1) is 30.1 Å². The Morgan fingerprint density at radius 3 is 1.97 bits per heavy atom. The van der Waals surface area contributed by atoms with Crippen LogP contribution in [0, 0.1) is 24.7 Å². The molecule has 2 aromatic heterocycles. The first-order valence-electron chi connectivity index (χ1n) is 21.0. The van der Waals surface area contributed by atoms with Crippen LogP contribution in [0.1, 0.15) is 76.2 Å². The number of aliphatic hydroxyl groups is 1. The Kier molecular flexibility index (Phi) is 14.9. The zero-order valence-corrected chi connectivity index (χ0v) is 37.1. The molecule has 61 heavy (non-hydrogen) atoms. The van der Waals surface area contributed by atoms with E-state index in [-0.39, 0.29) is 24.8 Å². The number of hydrogen-bond donors (Lipinski definition) is 4. The van der Waals surface area contributed by atoms with E-state index in [1.807, 2.05) is 126 Å². The predicted molar refractivity (Wildman–Crippen MR) is 237 cm³/mol. The summed E-state index contributed by atoms with van der Waals surface area (Å²) in [5.74, 6) is -0.891. The predicted octanol–water partition coefficient (Wildman–Crippen LogP) is 6.64. The van der Waals surface area contributed by atoms with Crippen LogP contribution in [0.5, 0.6) is 0 Å². The number of nitrogens with one attached hydrogen (secondary N) is 2. The van der Waals surface area contributed by atoms with E-state index in [0.29, 0.717) is 26.1 Å². The molecule has 1 fully saturated rings. The summed E-state index contributed by atoms with van der Waals surface area (Å²) in [6.45, 7) is 16.1. The molecule has 0 saturated carbocycles. The Hall–Kier alpha value is -5.82. The van der Waals surface area contributed by atoms with Crippen LogP contribution in [-0.4, -0.2) is 109 Å². The molecule has 5 rings (SSSR count). The SMILES string of the molecule is Cc1cccc(CN2CCN([C@H](C(=O)N[C@@H](Cc3ccccc3)C[C@@H](O)[C@H](Cc3ccc(-c4cccc(C)n4)cc3)NC(=O)[C@@H](N(C)C(=O)O)C(C)(C)C)C(C)(C)C)C2=O)n1. The Labute approximate surface area is 360 Å². The Balaban J connectivity index is 1.43. The highest BCUT2D eigenvalue weighted by Gasteiger charge is 2.44. The van der Waals surface area contributed by atoms with Crippen molar-refractivity contribution in [3.05, 3.63) is 119 Å². The van der Waals surface area contributed by atoms with Crippen molar-refractivity contribution in [2.24, 2.45) is 10.8 Å². The lowest BCUT2D eigenvalue weighted by atomic mass is 9.84. The van der Waals surface area contributed by atoms with Crippen LogP contribution in [0.3, 0.4) is 0 Å². The van der Waals surface area contributed by atoms with E-state index < -0.39 is 53.1 Å². The molecule has 4 N–H and O–H groups in total. The summed E-state index contributed by atoms with van der Waals surface area (Å²) in [7, 11) is 1.36. The number of aromatic nitrogens is 2. The third-order valence-electron chi connectivity index (χ3n) is 11.1. The van der Waals surface area contributed by atoms with E-state index >= 15 is 0 Å². The first-order valence-corrected chi connectivity index (χ1v) is 21.0. The molecule has 4 aromatic rings. The molecule has 326 valence electrons. The molecular weight excluding hydrogens is 771 g/mol. The Morgan fingerprint density at radius 2 is 1.38 bits per heavy atom. The molecule has 5 atom stereocenters. The topological polar surface area (TPSA) is 168 Å². The zero-order chi connectivity index (χ0) is 44.6. The minimum atomic E-state index is -1.25. The lowest BCUT2D eigenvalue weighted by Gasteiger charge is -2.38. The van der Waals surface area contributed by atoms with Crippen LogP contribution in [0.15, 0.2) is 91.0 Å². The third-order valence-corrected chi connectivity index (χ3v) is 11.1. The van der Waals surface area contributed by atoms with Crippen LogP contribution in [-0.2, 0) is 29.0 Å². The maximum atomic E-state index is 14.6. The number of carboxylic acid groups (broad SMARTS) is 1. The number of carbonyl (C=O) groups is 4. The smallest absolute Gasteiger partial charge is 0.407 e. The van der Waals surface area contributed by atoms with E-state index in [0.717, 1.165) is 44.4 Å². The van der Waals surface area contributed by atoms with Gasteiger partial charge >= 0.3 is 12.1 Å². The molecule has 5 amide bonds. The minimum Gasteiger partial charge on any atom is -0.465 e. The van der Waals surface area contributed by atoms with Gasteiger partial charge in [-0.2, -0.15) is 0 Å². The van der Waals surface area contributed by atoms with Gasteiger partial charge in [0.15, 0.2) is 0 Å². The molecule has 13 nitrogen and oxygen atoms in total. The number of aryl methyl sites for hydroxylation is 2. The number of carbonyl (C=O) groups excluding carboxylic acids is 3. The van der Waals surface area contributed by atoms with E-state index in [2.05, 4.69) is 20.6 Å². The number of pyridine rings is 2. The fourth-order valence-electron chi connectivity index (χ4n) is 8.28. The quantitative estimate of drug-likeness (QED) is 0.0975. The van der Waals surface area contributed by atoms with Crippen LogP contribution >= 0.6 is 0 Å². The Morgan fingerprint density at radius 1 is 0.754 bits per heavy atom. The van der Waals surface area contributed by atoms with Gasteiger partial charge in [-0.15, -0.1) is 0 Å². The molecule has 1 aliphatic heterocycles. The number of hydrogen-bond acceptors (Lipinski definition) is 7. The maximum Gasteiger partial charge on any atom is 0.407 e. The molecule has 0 spiro atoms. The van der Waals surface area contributed by atoms with E-state index in [9.17, 15) is 29.4 Å². The first kappa shape index (κ1) is 46.2. The first-order chi connectivity index (χ1) is 28.7. The van der Waals surface area contributed by atoms with Gasteiger partial charge in [0.2, 0.25) is 11.8 Å². The van der Waals surface area contributed by atoms with Crippen LogP contribution in [0.4, 0.5) is 9.59 Å². The molecule has 1 aliphatic rings. The number of amides is 5. The van der Waals surface area contributed by atoms with Crippen molar-refractivity contribution in [2.75, 3.05) is 20.1 Å². The van der Waals surface area contributed by atoms with Gasteiger partial charge in [-0.1, -0.05) is 108 Å². The Bertz CT molecular complexity index is 2130. The lowest BCUT2D eigenvalue weighted by Crippen LogP contribution is -2.59. The van der Waals surface area contributed by atoms with Gasteiger partial charge in [-0.25, -0.2) is 9.59 Å². The van der Waals surface area contributed by atoms with Gasteiger partial charge in [0.1, 0.15) is 12.1 Å². The standard InChI is InChI=1S/C48H63N7O6/c1-31-15-13-19-36(49-31)30-54-25-26-55(45(54)59)42(48(6,7)8)44(58)51-37(27-33-17-11-10-12-18-33)29-40(56)39(52-43(57)41(47(3,4)5)53(9)46(60)61)28-34-21-23-35(24-22-34)38-20-14-16-32(2)50-38/h10-24,37,39-42,56H,25-30H2,1-9H3,(H,51,58)(H,52,57)(H,60,61)/t37-,39-,40+,41+,42+/m0/s1. The number of nitrogens with zero attached hydrogens (tertiary/aromatic N) is 5. The molecule has 1 saturated heterocycles. The largest absolute Gasteiger partial charge is 0.465 e. The van der Waals surface area contributed by atoms with Crippen LogP contribution in [0.2, 0.25) is 0 Å². The summed E-state index contributed by atoms with van der Waals surface area (Å²) in [5.41, 5.74) is 4.58. The molecule has 2 aromatic carbocycles. The maximum absolute atomic E-state index is 14.6. The average Bonchev–Trinajstić information content (AvgIpc) is 3.51. The van der Waals surface area contributed by atoms with Gasteiger partial charge < -0.3 is 30.6 Å². The van der Waals surface area contributed by atoms with Crippen molar-refractivity contribution in [1.82, 2.24) is 35.3 Å². The summed E-state index contributed by atoms with van der Waals surface area (Å²) >= 11 is 0. The van der Waals surface area contributed by atoms with Gasteiger partial charge in [-0.3, -0.25) is 24.5 Å². The molecular formula is C48H63N7O6. The van der Waals surface area contributed by atoms with Crippen LogP contribution in [0.25, 0.3) is 11.3 Å². The van der Waals surface area contributed by atoms with Gasteiger partial charge in [0.25, 0.3) is 0 Å². The van der Waals surface area contributed by atoms with Crippen molar-refractivity contribution in [3.8, 4) is 11.3 Å². The van der Waals surface area contributed by atoms with E-state index in [1.165, 1.54) is 7.05 Å². The summed E-state index contributed by atoms with van der Waals surface area (Å²) in [6.07, 6.45) is -1.82. The van der Waals surface area contributed by atoms with Crippen molar-refractivity contribution >= 4 is 23.9 Å². The van der Waals surface area contributed by atoms with Crippen molar-refractivity contribution < 1.29 is 29.4 Å². The summed E-state index contributed by atoms with van der Waals surface area (Å²) in [5, 5.41) is 28.4. The van der Waals surface area contributed by atoms with Crippen molar-refractivity contribution in [2.45, 2.75) is 111 Å². The van der Waals surface area contributed by atoms with Crippen LogP contribution < -0.4 is 10.6 Å². The summed E-state index contributed by atoms with van der Waals surface area (Å²) in [4.78, 5) is 68.4. The normalized spacial score (nSPS) is 15.7. The highest BCUT2D eigenvalue weighted by Crippen LogP contribution is 2.30. The second-order valence-corrected chi connectivity index (χ2v) is 18.5. The monoisotopic (exact) mass is 833 g/mol. The van der Waals surface area contributed by atoms with Crippen molar-refractivity contribution in [1.29, 1.82) is 0 Å². The minimum absolute atomic E-state index is 0.0434. The number of aliphatic hydroxyl groups excluding tert-OH is 1. The van der Waals surface area contributed by atoms with Crippen molar-refractivity contribution in [3.63, 3.8) is 0 Å². The summed E-state index contributed by atoms with van der Waals surface area (Å²) < 4.78 is 0. The molecule has 0 bridgehead atoms. The number of rotatable bonds is 16. The zero-order valence-electron chi connectivity index (χ0n) is 37.1. The third kappa shape index (κ3) is 12.4. The second-order valence-electron chi connectivity index (χ2n) is 18.5. The molecule has 0 aliphatic carbocycles. The van der Waals surface area contributed by atoms with E-state index in [4.69, 9.17) is 0 Å². The van der Waals surface area contributed by atoms with Gasteiger partial charge in [-0.05, 0) is 79.3 Å².